The molecule has 6 heterocycles. The second kappa shape index (κ2) is 55.0. The molecule has 144 heavy (non-hydrogen) atoms. The quantitative estimate of drug-likeness (QED) is 0.0357. The second-order valence-electron chi connectivity index (χ2n) is 36.3. The van der Waals surface area contributed by atoms with E-state index in [0.29, 0.717) is 88.0 Å². The van der Waals surface area contributed by atoms with Gasteiger partial charge >= 0.3 is 6.61 Å². The maximum atomic E-state index is 12.7. The zero-order chi connectivity index (χ0) is 101. The number of anilines is 5. The van der Waals surface area contributed by atoms with Crippen LogP contribution in [-0.2, 0) is 19.6 Å². The minimum atomic E-state index is -2.95. The summed E-state index contributed by atoms with van der Waals surface area (Å²) in [4.78, 5) is 85.2. The number of nitrogens with zero attached hydrogens (tertiary/aromatic N) is 12. The molecule has 6 fully saturated rings. The molecular weight excluding hydrogens is 1830 g/mol. The van der Waals surface area contributed by atoms with Gasteiger partial charge in [-0.3, -0.25) is 49.1 Å². The van der Waals surface area contributed by atoms with Crippen LogP contribution in [0.3, 0.4) is 0 Å². The summed E-state index contributed by atoms with van der Waals surface area (Å²) >= 11 is 0. The normalized spacial score (nSPS) is 14.3. The minimum absolute atomic E-state index is 0.0611. The van der Waals surface area contributed by atoms with Gasteiger partial charge in [-0.25, -0.2) is 0 Å². The van der Waals surface area contributed by atoms with Gasteiger partial charge in [-0.2, -0.15) is 8.78 Å². The van der Waals surface area contributed by atoms with Crippen LogP contribution < -0.4 is 81.3 Å². The molecule has 6 saturated carbocycles. The fourth-order valence-corrected chi connectivity index (χ4v) is 17.5. The fraction of sp³-hybridized carbons (Fsp3) is 0.386. The Balaban J connectivity index is 0.000000145. The van der Waals surface area contributed by atoms with Crippen LogP contribution in [0.5, 0.6) is 69.0 Å². The Morgan fingerprint density at radius 2 is 0.632 bits per heavy atom. The molecule has 0 aliphatic heterocycles. The van der Waals surface area contributed by atoms with Crippen molar-refractivity contribution in [1.82, 2.24) is 34.8 Å². The summed E-state index contributed by atoms with van der Waals surface area (Å²) in [6, 6.07) is 55.4. The molecule has 0 saturated heterocycles. The van der Waals surface area contributed by atoms with Crippen LogP contribution in [0.15, 0.2) is 256 Å². The van der Waals surface area contributed by atoms with E-state index in [1.807, 2.05) is 116 Å². The molecule has 6 aromatic heterocycles. The number of carbonyl (C=O) groups excluding carboxylic acids is 4. The highest BCUT2D eigenvalue weighted by Gasteiger charge is 2.30. The van der Waals surface area contributed by atoms with Gasteiger partial charge in [0.1, 0.15) is 0 Å². The van der Waals surface area contributed by atoms with E-state index < -0.39 is 6.61 Å². The van der Waals surface area contributed by atoms with Crippen molar-refractivity contribution < 1.29 is 84.8 Å². The number of hydrogen-bond acceptors (Lipinski definition) is 24. The molecule has 28 nitrogen and oxygen atoms in total. The van der Waals surface area contributed by atoms with E-state index >= 15 is 0 Å². The summed E-state index contributed by atoms with van der Waals surface area (Å²) in [7, 11) is 19.3. The number of ether oxygens (including phenoxy) is 12. The van der Waals surface area contributed by atoms with Crippen LogP contribution in [0.1, 0.15) is 199 Å². The van der Waals surface area contributed by atoms with Crippen molar-refractivity contribution in [3.8, 4) is 69.0 Å². The number of aromatic nitrogens is 6. The number of benzene rings is 6. The average Bonchev–Trinajstić information content (AvgIpc) is 1.37. The van der Waals surface area contributed by atoms with Gasteiger partial charge in [0.15, 0.2) is 69.0 Å². The molecule has 4 amide bonds. The van der Waals surface area contributed by atoms with E-state index in [2.05, 4.69) is 88.9 Å². The van der Waals surface area contributed by atoms with Crippen LogP contribution >= 0.6 is 0 Å². The van der Waals surface area contributed by atoms with Crippen molar-refractivity contribution in [2.45, 2.75) is 198 Å². The minimum Gasteiger partial charge on any atom is -0.493 e. The number of methoxy groups -OCH3 is 5. The second-order valence-corrected chi connectivity index (χ2v) is 36.3. The van der Waals surface area contributed by atoms with E-state index in [-0.39, 0.29) is 53.4 Å². The Kier molecular flexibility index (Phi) is 40.6. The lowest BCUT2D eigenvalue weighted by atomic mass is 10.1. The van der Waals surface area contributed by atoms with E-state index in [0.717, 1.165) is 147 Å². The predicted molar refractivity (Wildman–Crippen MR) is 554 cm³/mol. The molecule has 0 bridgehead atoms. The van der Waals surface area contributed by atoms with Gasteiger partial charge in [-0.15, -0.1) is 0 Å². The summed E-state index contributed by atoms with van der Waals surface area (Å²) in [5, 5.41) is 0. The number of amides is 4. The van der Waals surface area contributed by atoms with E-state index in [1.54, 1.807) is 176 Å². The summed E-state index contributed by atoms with van der Waals surface area (Å²) < 4.78 is 93.0. The summed E-state index contributed by atoms with van der Waals surface area (Å²) in [6.45, 7) is -0.487. The van der Waals surface area contributed by atoms with Crippen molar-refractivity contribution in [2.75, 3.05) is 109 Å². The Morgan fingerprint density at radius 1 is 0.292 bits per heavy atom. The van der Waals surface area contributed by atoms with E-state index in [9.17, 15) is 28.0 Å². The maximum Gasteiger partial charge on any atom is 0.387 e. The lowest BCUT2D eigenvalue weighted by molar-refractivity contribution is -0.0515. The monoisotopic (exact) mass is 1970 g/mol. The number of rotatable bonds is 35. The maximum absolute atomic E-state index is 12.7. The summed E-state index contributed by atoms with van der Waals surface area (Å²) in [5.41, 5.74) is 10.00. The average molecular weight is 1970 g/mol. The third-order valence-corrected chi connectivity index (χ3v) is 25.8. The lowest BCUT2D eigenvalue weighted by Crippen LogP contribution is -2.26. The van der Waals surface area contributed by atoms with Crippen molar-refractivity contribution in [1.29, 1.82) is 0 Å². The fourth-order valence-electron chi connectivity index (χ4n) is 17.5. The number of pyridine rings is 6. The molecule has 6 aliphatic carbocycles. The highest BCUT2D eigenvalue weighted by molar-refractivity contribution is 6.07. The summed E-state index contributed by atoms with van der Waals surface area (Å²) in [5.74, 6) is 7.51. The van der Waals surface area contributed by atoms with E-state index in [4.69, 9.17) is 52.1 Å². The first-order chi connectivity index (χ1) is 70.1. The van der Waals surface area contributed by atoms with Crippen LogP contribution in [0, 0.1) is 5.92 Å². The van der Waals surface area contributed by atoms with Gasteiger partial charge in [0.25, 0.3) is 23.6 Å². The first kappa shape index (κ1) is 106. The van der Waals surface area contributed by atoms with Gasteiger partial charge in [0, 0.05) is 188 Å². The highest BCUT2D eigenvalue weighted by atomic mass is 19.3. The van der Waals surface area contributed by atoms with Crippen molar-refractivity contribution in [3.63, 3.8) is 0 Å². The number of alkyl halides is 2. The first-order valence-electron chi connectivity index (χ1n) is 49.4. The summed E-state index contributed by atoms with van der Waals surface area (Å²) in [6.07, 6.45) is 47.0. The SMILES string of the molecule is CN(Cc1ccncc1)C(=O)c1ccc(OC(F)F)c(OCC2CC2)c1.COc1ccc(CN(C)c2cccnc2)cc1OC1CCCC1.COc1ccc(CN(C)c2ccncc2)cc1OC1CCCC1.COc1ccc(N(C)C(=O)c2cccnc2)cc1OC1CCCC1.COc1ccc(N(C)C(=O)c2ccncc2)cc1OC1CCCC1.COc1ccc(N(C)C(=O)c2ccncc2)cc1OC1CCCC1. The van der Waals surface area contributed by atoms with Crippen LogP contribution in [0.2, 0.25) is 0 Å². The molecule has 0 atom stereocenters. The largest absolute Gasteiger partial charge is 0.493 e. The first-order valence-corrected chi connectivity index (χ1v) is 49.4. The Hall–Kier alpha value is -14.8. The molecule has 30 heteroatoms. The molecule has 12 aromatic rings. The van der Waals surface area contributed by atoms with E-state index in [1.165, 1.54) is 93.5 Å². The Labute approximate surface area is 844 Å². The van der Waals surface area contributed by atoms with Crippen LogP contribution in [0.25, 0.3) is 0 Å². The number of halogens is 2. The zero-order valence-corrected chi connectivity index (χ0v) is 84.3. The predicted octanol–water partition coefficient (Wildman–Crippen LogP) is 22.9. The number of carbonyl (C=O) groups is 4. The smallest absolute Gasteiger partial charge is 0.387 e. The van der Waals surface area contributed by atoms with Gasteiger partial charge in [0.2, 0.25) is 0 Å². The molecule has 18 rings (SSSR count). The third kappa shape index (κ3) is 31.8. The standard InChI is InChI=1S/C19H20F2N2O3.3C19H22N2O3.2C19H24N2O2/c1-23(11-13-6-8-22-9-7-13)18(24)15-4-5-16(26-19(20)21)17(10-15)25-12-14-2-3-14;1-21(19(22)14-6-5-11-20-13-14)15-9-10-17(23-2)18(12-15)24-16-7-3-4-8-16;2*1-21(19(22)14-9-11-20-12-10-14)15-7-8-17(23-2)18(13-15)24-16-5-3-4-6-16;1-21(16-6-5-11-20-13-16)14-15-9-10-18(22-2)19(12-15)23-17-7-3-4-8-17;1-21(16-9-11-20-12-10-16)14-15-7-8-18(22-2)19(13-15)23-17-5-3-4-6-17/h4-10,14,19H,2-3,11-12H2,1H3;5-6,9-13,16H,3-4,7-8H2,1-2H3;2*7-13,16H,3-6H2,1-2H3;5-6,9-13,17H,3-4,7-8,14H2,1-2H3;7-13,17H,3-6,14H2,1-2H3. The molecule has 0 N–H and O–H groups in total. The molecule has 760 valence electrons. The lowest BCUT2D eigenvalue weighted by Gasteiger charge is -2.21. The molecular formula is C114H134F2N12O16. The van der Waals surface area contributed by atoms with Crippen molar-refractivity contribution in [2.24, 2.45) is 5.92 Å². The molecule has 6 aliphatic rings. The number of hydrogen-bond donors (Lipinski definition) is 0. The van der Waals surface area contributed by atoms with Gasteiger partial charge in [-0.1, -0.05) is 12.1 Å². The zero-order valence-electron chi connectivity index (χ0n) is 84.3. The van der Waals surface area contributed by atoms with Crippen LogP contribution in [0.4, 0.5) is 37.2 Å². The third-order valence-electron chi connectivity index (χ3n) is 25.8. The topological polar surface area (TPSA) is 276 Å². The Bertz CT molecular complexity index is 5560. The van der Waals surface area contributed by atoms with Gasteiger partial charge < -0.3 is 86.2 Å². The molecule has 0 spiro atoms. The Morgan fingerprint density at radius 3 is 0.986 bits per heavy atom. The van der Waals surface area contributed by atoms with Crippen LogP contribution in [-0.4, -0.2) is 180 Å². The molecule has 0 radical (unpaired) electrons. The molecule has 6 aromatic carbocycles. The van der Waals surface area contributed by atoms with Crippen molar-refractivity contribution in [3.05, 3.63) is 295 Å². The highest BCUT2D eigenvalue weighted by Crippen LogP contribution is 2.42. The van der Waals surface area contributed by atoms with Gasteiger partial charge in [-0.05, 0) is 316 Å². The van der Waals surface area contributed by atoms with Crippen molar-refractivity contribution >= 4 is 52.1 Å². The molecule has 0 unspecified atom stereocenters. The van der Waals surface area contributed by atoms with Gasteiger partial charge in [0.05, 0.1) is 90.1 Å².